The number of amides is 1. The number of nitrogen functional groups attached to an aromatic ring is 3. The van der Waals surface area contributed by atoms with Crippen LogP contribution in [0.5, 0.6) is 0 Å². The maximum Gasteiger partial charge on any atom is 1.00 e. The second kappa shape index (κ2) is 57.7. The smallest absolute Gasteiger partial charge is 0.870 e. The Morgan fingerprint density at radius 2 is 0.776 bits per heavy atom. The van der Waals surface area contributed by atoms with E-state index in [4.69, 9.17) is 32.1 Å². The number of halogens is 1. The predicted octanol–water partition coefficient (Wildman–Crippen LogP) is 6.52. The summed E-state index contributed by atoms with van der Waals surface area (Å²) >= 11 is 0. The Morgan fingerprint density at radius 3 is 1.00 bits per heavy atom. The van der Waals surface area contributed by atoms with Crippen molar-refractivity contribution < 1.29 is 83.8 Å². The number of para-hydroxylation sites is 6. The van der Waals surface area contributed by atoms with E-state index in [9.17, 15) is 24.0 Å². The van der Waals surface area contributed by atoms with Gasteiger partial charge in [0.05, 0.1) is 56.1 Å². The molecular weight excluding hydrogens is 1120 g/mol. The molecule has 6 aromatic rings. The van der Waals surface area contributed by atoms with Gasteiger partial charge in [-0.2, -0.15) is 15.3 Å². The van der Waals surface area contributed by atoms with Crippen LogP contribution in [-0.2, 0) is 38.2 Å². The van der Waals surface area contributed by atoms with E-state index < -0.39 is 5.97 Å². The summed E-state index contributed by atoms with van der Waals surface area (Å²) in [4.78, 5) is 54.3. The molecule has 0 unspecified atom stereocenters. The van der Waals surface area contributed by atoms with Gasteiger partial charge in [-0.05, 0) is 128 Å². The number of hydrazone groups is 3. The number of nitrogens with two attached hydrogens (primary N) is 3. The molecule has 1 aliphatic rings. The summed E-state index contributed by atoms with van der Waals surface area (Å²) in [7, 11) is 0. The molecule has 0 spiro atoms. The molecule has 85 heavy (non-hydrogen) atoms. The molecule has 15 N–H and O–H groups in total. The average Bonchev–Trinajstić information content (AvgIpc) is 4.03. The fourth-order valence-corrected chi connectivity index (χ4v) is 5.61. The number of hydrogen-bond donors (Lipinski definition) is 9. The number of ether oxygens (including phenoxy) is 3. The predicted molar refractivity (Wildman–Crippen MR) is 341 cm³/mol. The molecule has 0 radical (unpaired) electrons. The van der Waals surface area contributed by atoms with Crippen LogP contribution >= 0.6 is 12.4 Å². The Kier molecular flexibility index (Phi) is 58.2. The number of anilines is 6. The zero-order valence-electron chi connectivity index (χ0n) is 50.1. The van der Waals surface area contributed by atoms with Gasteiger partial charge in [-0.3, -0.25) is 52.4 Å². The molecule has 0 saturated carbocycles. The van der Waals surface area contributed by atoms with Gasteiger partial charge in [0.2, 0.25) is 0 Å². The fourth-order valence-electron chi connectivity index (χ4n) is 5.61. The van der Waals surface area contributed by atoms with Gasteiger partial charge in [0.25, 0.3) is 5.91 Å². The molecule has 460 valence electrons. The van der Waals surface area contributed by atoms with Gasteiger partial charge >= 0.3 is 47.5 Å². The van der Waals surface area contributed by atoms with E-state index in [-0.39, 0.29) is 102 Å². The summed E-state index contributed by atoms with van der Waals surface area (Å²) in [5.41, 5.74) is 21.0. The molecule has 1 aliphatic heterocycles. The van der Waals surface area contributed by atoms with Gasteiger partial charge in [-0.25, -0.2) is 5.01 Å². The minimum Gasteiger partial charge on any atom is -0.870 e. The number of carbonyl (C=O) groups is 5. The Morgan fingerprint density at radius 1 is 0.518 bits per heavy atom. The number of rotatable bonds is 17. The van der Waals surface area contributed by atoms with E-state index >= 15 is 0 Å². The zero-order valence-corrected chi connectivity index (χ0v) is 52.9. The third-order valence-corrected chi connectivity index (χ3v) is 9.15. The van der Waals surface area contributed by atoms with Crippen LogP contribution in [0.1, 0.15) is 81.1 Å². The number of nitrogens with one attached hydrogen (secondary N) is 5. The number of hydrazine groups is 3. The second-order valence-electron chi connectivity index (χ2n) is 16.2. The summed E-state index contributed by atoms with van der Waals surface area (Å²) < 4.78 is 14.1. The van der Waals surface area contributed by atoms with Crippen LogP contribution in [0.4, 0.5) is 34.1 Å². The molecule has 0 saturated heterocycles. The first kappa shape index (κ1) is 85.7. The molecular formula is C60H86ClN12NaO11. The van der Waals surface area contributed by atoms with Crippen LogP contribution in [0, 0.1) is 0 Å². The molecule has 0 atom stereocenters. The molecule has 0 fully saturated rings. The maximum absolute atomic E-state index is 11.4. The normalized spacial score (nSPS) is 10.2. The second-order valence-corrected chi connectivity index (χ2v) is 16.2. The maximum atomic E-state index is 11.4. The van der Waals surface area contributed by atoms with Gasteiger partial charge < -0.3 is 46.5 Å². The number of esters is 3. The van der Waals surface area contributed by atoms with Crippen LogP contribution in [0.3, 0.4) is 0 Å². The van der Waals surface area contributed by atoms with E-state index in [1.807, 2.05) is 189 Å². The SMILES string of the molecule is CC1=NN(c2ccccc2)C(=O)C1.CCO.CCOC(=O)C/C(C)=N\Nc1ccccc1.CCOC(=O)C/C(C)=N\Nc1ccccc1.CCOC(=O)CC(C)=O.Cl.NNc1ccccc1.NNc1ccccc1.NNc1ccccc1.O.[Na+].[OH-]. The van der Waals surface area contributed by atoms with E-state index in [1.54, 1.807) is 41.5 Å². The Balaban J connectivity index is -0.000000293. The Bertz CT molecular complexity index is 2530. The number of nitrogens with zero attached hydrogens (tertiary/aromatic N) is 4. The number of aliphatic hydroxyl groups is 1. The minimum atomic E-state index is -0.440. The third-order valence-electron chi connectivity index (χ3n) is 9.15. The van der Waals surface area contributed by atoms with Crippen molar-refractivity contribution in [3.63, 3.8) is 0 Å². The Hall–Kier alpha value is -8.07. The van der Waals surface area contributed by atoms with Crippen molar-refractivity contribution in [2.45, 2.75) is 81.1 Å². The third kappa shape index (κ3) is 48.1. The summed E-state index contributed by atoms with van der Waals surface area (Å²) in [6.07, 6.45) is 0.768. The number of Topliss-reactive ketones (excluding diaryl/α,β-unsaturated/α-hetero) is 1. The molecule has 6 aromatic carbocycles. The van der Waals surface area contributed by atoms with Gasteiger partial charge in [0, 0.05) is 40.8 Å². The van der Waals surface area contributed by atoms with Crippen molar-refractivity contribution in [2.75, 3.05) is 58.6 Å². The molecule has 1 amide bonds. The van der Waals surface area contributed by atoms with Crippen molar-refractivity contribution >= 4 is 93.3 Å². The average molecular weight is 1210 g/mol. The van der Waals surface area contributed by atoms with Crippen LogP contribution in [0.15, 0.2) is 197 Å². The minimum absolute atomic E-state index is 0. The Labute approximate surface area is 528 Å². The van der Waals surface area contributed by atoms with Crippen molar-refractivity contribution in [2.24, 2.45) is 32.8 Å². The van der Waals surface area contributed by atoms with E-state index in [0.29, 0.717) is 37.7 Å². The van der Waals surface area contributed by atoms with Crippen LogP contribution in [0.2, 0.25) is 0 Å². The molecule has 23 nitrogen and oxygen atoms in total. The fraction of sp³-hybridized carbons (Fsp3) is 0.267. The molecule has 1 heterocycles. The standard InChI is InChI=1S/2C12H16N2O2.C10H10N2O.3C6H8N2.C6H10O3.C2H6O.ClH.Na.2H2O/c2*1-3-16-12(15)9-10(2)13-14-11-7-5-4-6-8-11;1-8-7-10(13)12(11-8)9-5-3-2-4-6-9;3*7-8-6-4-2-1-3-5-6;1-3-9-6(8)4-5(2)7;1-2-3;;;;/h2*4-8,14H,3,9H2,1-2H3;2-6H,7H2,1H3;3*1-5,8H,7H2;3-4H2,1-2H3;3H,2H2,1H3;1H;;2*1H2/q;;;;;;;;;+1;;/p-1/b2*13-10-;;;;;;;;;;. The zero-order chi connectivity index (χ0) is 60.3. The van der Waals surface area contributed by atoms with Crippen molar-refractivity contribution in [1.82, 2.24) is 0 Å². The summed E-state index contributed by atoms with van der Waals surface area (Å²) in [6, 6.07) is 57.4. The van der Waals surface area contributed by atoms with Gasteiger partial charge in [0.1, 0.15) is 12.2 Å². The number of carbonyl (C=O) groups excluding carboxylic acids is 5. The largest absolute Gasteiger partial charge is 1.00 e. The van der Waals surface area contributed by atoms with E-state index in [0.717, 1.165) is 39.8 Å². The van der Waals surface area contributed by atoms with Crippen LogP contribution in [0.25, 0.3) is 0 Å². The number of hydrogen-bond acceptors (Lipinski definition) is 21. The quantitative estimate of drug-likeness (QED) is 0.00892. The first-order valence-electron chi connectivity index (χ1n) is 25.8. The first-order valence-corrected chi connectivity index (χ1v) is 25.8. The monoisotopic (exact) mass is 1210 g/mol. The van der Waals surface area contributed by atoms with E-state index in [2.05, 4.69) is 47.2 Å². The topological polar surface area (TPSA) is 373 Å². The summed E-state index contributed by atoms with van der Waals surface area (Å²) in [5, 5.41) is 21.3. The molecule has 0 bridgehead atoms. The van der Waals surface area contributed by atoms with Crippen molar-refractivity contribution in [3.05, 3.63) is 182 Å². The van der Waals surface area contributed by atoms with Crippen LogP contribution < -0.4 is 79.2 Å². The molecule has 25 heteroatoms. The summed E-state index contributed by atoms with van der Waals surface area (Å²) in [5.74, 6) is 14.2. The molecule has 7 rings (SSSR count). The van der Waals surface area contributed by atoms with E-state index in [1.165, 1.54) is 11.9 Å². The van der Waals surface area contributed by atoms with Crippen LogP contribution in [-0.4, -0.2) is 89.2 Å². The number of ketones is 1. The van der Waals surface area contributed by atoms with Gasteiger partial charge in [-0.15, -0.1) is 12.4 Å². The number of aliphatic hydroxyl groups excluding tert-OH is 1. The van der Waals surface area contributed by atoms with Gasteiger partial charge in [0.15, 0.2) is 0 Å². The summed E-state index contributed by atoms with van der Waals surface area (Å²) in [6.45, 7) is 15.1. The van der Waals surface area contributed by atoms with Gasteiger partial charge in [-0.1, -0.05) is 109 Å². The molecule has 0 aliphatic carbocycles. The van der Waals surface area contributed by atoms with Crippen molar-refractivity contribution in [1.29, 1.82) is 0 Å². The first-order chi connectivity index (χ1) is 39.1. The van der Waals surface area contributed by atoms with Crippen molar-refractivity contribution in [3.8, 4) is 0 Å². The molecule has 0 aromatic heterocycles. The number of benzene rings is 6.